The number of para-hydroxylation sites is 2. The molecule has 18 heavy (non-hydrogen) atoms. The third-order valence-corrected chi connectivity index (χ3v) is 4.60. The van der Waals surface area contributed by atoms with Crippen molar-refractivity contribution in [1.29, 1.82) is 0 Å². The molecule has 0 radical (unpaired) electrons. The summed E-state index contributed by atoms with van der Waals surface area (Å²) in [6, 6.07) is 7.24. The second-order valence-corrected chi connectivity index (χ2v) is 6.78. The highest BCUT2D eigenvalue weighted by Gasteiger charge is 2.25. The number of aliphatic hydroxyl groups excluding tert-OH is 1. The molecule has 2 unspecified atom stereocenters. The largest absolute Gasteiger partial charge is 0.441 e. The summed E-state index contributed by atoms with van der Waals surface area (Å²) in [4.78, 5) is 4.20. The van der Waals surface area contributed by atoms with Crippen molar-refractivity contribution in [1.82, 2.24) is 4.98 Å². The van der Waals surface area contributed by atoms with Crippen LogP contribution in [-0.4, -0.2) is 36.1 Å². The zero-order chi connectivity index (χ0) is 13.3. The summed E-state index contributed by atoms with van der Waals surface area (Å²) in [6.07, 6.45) is 0.170. The van der Waals surface area contributed by atoms with E-state index in [-0.39, 0.29) is 6.42 Å². The van der Waals surface area contributed by atoms with E-state index in [4.69, 9.17) is 4.42 Å². The summed E-state index contributed by atoms with van der Waals surface area (Å²) in [5, 5.41) is 9.01. The van der Waals surface area contributed by atoms with Gasteiger partial charge in [0.25, 0.3) is 0 Å². The first-order chi connectivity index (χ1) is 8.38. The van der Waals surface area contributed by atoms with Crippen LogP contribution >= 0.6 is 0 Å². The number of rotatable bonds is 4. The number of oxazole rings is 1. The lowest BCUT2D eigenvalue weighted by Crippen LogP contribution is -2.32. The zero-order valence-electron chi connectivity index (χ0n) is 10.2. The lowest BCUT2D eigenvalue weighted by Gasteiger charge is -2.15. The molecule has 1 N–H and O–H groups in total. The van der Waals surface area contributed by atoms with Crippen molar-refractivity contribution in [3.8, 4) is 0 Å². The smallest absolute Gasteiger partial charge is 0.198 e. The summed E-state index contributed by atoms with van der Waals surface area (Å²) in [5.74, 6) is 0.346. The monoisotopic (exact) mass is 269 g/mol. The fourth-order valence-electron chi connectivity index (χ4n) is 1.64. The van der Waals surface area contributed by atoms with Crippen molar-refractivity contribution in [3.63, 3.8) is 0 Å². The Bertz CT molecular complexity index is 614. The Kier molecular flexibility index (Phi) is 3.41. The lowest BCUT2D eigenvalue weighted by atomic mass is 10.2. The molecule has 2 rings (SSSR count). The number of aromatic nitrogens is 1. The highest BCUT2D eigenvalue weighted by molar-refractivity contribution is 7.91. The maximum absolute atomic E-state index is 11.3. The average molecular weight is 269 g/mol. The second kappa shape index (κ2) is 4.70. The molecule has 0 saturated carbocycles. The van der Waals surface area contributed by atoms with Crippen LogP contribution in [0, 0.1) is 0 Å². The van der Waals surface area contributed by atoms with E-state index in [2.05, 4.69) is 4.98 Å². The predicted molar refractivity (Wildman–Crippen MR) is 68.0 cm³/mol. The minimum absolute atomic E-state index is 0.0862. The average Bonchev–Trinajstić information content (AvgIpc) is 2.68. The Morgan fingerprint density at radius 3 is 2.67 bits per heavy atom. The number of benzene rings is 1. The molecule has 0 aliphatic heterocycles. The quantitative estimate of drug-likeness (QED) is 0.901. The Hall–Kier alpha value is -1.40. The first-order valence-corrected chi connectivity index (χ1v) is 7.55. The summed E-state index contributed by atoms with van der Waals surface area (Å²) >= 11 is 0. The van der Waals surface area contributed by atoms with Gasteiger partial charge in [-0.3, -0.25) is 0 Å². The van der Waals surface area contributed by atoms with E-state index in [1.165, 1.54) is 6.92 Å². The van der Waals surface area contributed by atoms with Gasteiger partial charge >= 0.3 is 0 Å². The molecule has 0 spiro atoms. The van der Waals surface area contributed by atoms with E-state index in [9.17, 15) is 13.5 Å². The second-order valence-electron chi connectivity index (χ2n) is 4.38. The molecule has 0 aliphatic carbocycles. The molecule has 98 valence electrons. The number of aliphatic hydroxyl groups is 1. The van der Waals surface area contributed by atoms with E-state index in [0.29, 0.717) is 17.0 Å². The molecular weight excluding hydrogens is 254 g/mol. The van der Waals surface area contributed by atoms with E-state index < -0.39 is 21.2 Å². The van der Waals surface area contributed by atoms with Gasteiger partial charge in [0.2, 0.25) is 0 Å². The van der Waals surface area contributed by atoms with E-state index in [0.717, 1.165) is 6.26 Å². The number of hydrogen-bond acceptors (Lipinski definition) is 5. The number of hydrogen-bond donors (Lipinski definition) is 1. The molecule has 0 amide bonds. The molecule has 1 heterocycles. The Balaban J connectivity index is 2.19. The molecule has 1 aromatic carbocycles. The zero-order valence-corrected chi connectivity index (χ0v) is 11.0. The van der Waals surface area contributed by atoms with Crippen molar-refractivity contribution in [3.05, 3.63) is 30.2 Å². The molecule has 0 saturated heterocycles. The standard InChI is InChI=1S/C12H15NO4S/c1-8(18(2,15)16)10(14)7-12-13-9-5-3-4-6-11(9)17-12/h3-6,8,10,14H,7H2,1-2H3. The highest BCUT2D eigenvalue weighted by atomic mass is 32.2. The minimum Gasteiger partial charge on any atom is -0.441 e. The number of fused-ring (bicyclic) bond motifs is 1. The fourth-order valence-corrected chi connectivity index (χ4v) is 2.30. The molecule has 0 aliphatic rings. The summed E-state index contributed by atoms with van der Waals surface area (Å²) in [7, 11) is -3.27. The van der Waals surface area contributed by atoms with E-state index in [1.54, 1.807) is 12.1 Å². The molecule has 5 nitrogen and oxygen atoms in total. The lowest BCUT2D eigenvalue weighted by molar-refractivity contribution is 0.165. The molecule has 0 bridgehead atoms. The first kappa shape index (κ1) is 13.0. The van der Waals surface area contributed by atoms with E-state index >= 15 is 0 Å². The highest BCUT2D eigenvalue weighted by Crippen LogP contribution is 2.17. The predicted octanol–water partition coefficient (Wildman–Crippen LogP) is 1.16. The summed E-state index contributed by atoms with van der Waals surface area (Å²) in [5.41, 5.74) is 1.33. The van der Waals surface area contributed by atoms with Gasteiger partial charge in [0, 0.05) is 6.26 Å². The fraction of sp³-hybridized carbons (Fsp3) is 0.417. The number of nitrogens with zero attached hydrogens (tertiary/aromatic N) is 1. The van der Waals surface area contributed by atoms with Gasteiger partial charge in [-0.15, -0.1) is 0 Å². The molecular formula is C12H15NO4S. The van der Waals surface area contributed by atoms with Crippen molar-refractivity contribution in [2.45, 2.75) is 24.7 Å². The van der Waals surface area contributed by atoms with Crippen LogP contribution in [0.5, 0.6) is 0 Å². The Morgan fingerprint density at radius 1 is 1.39 bits per heavy atom. The molecule has 2 atom stereocenters. The van der Waals surface area contributed by atoms with Crippen molar-refractivity contribution >= 4 is 20.9 Å². The summed E-state index contributed by atoms with van der Waals surface area (Å²) < 4.78 is 28.1. The summed E-state index contributed by atoms with van der Waals surface area (Å²) in [6.45, 7) is 1.47. The minimum atomic E-state index is -3.27. The topological polar surface area (TPSA) is 80.4 Å². The van der Waals surface area contributed by atoms with Gasteiger partial charge in [-0.1, -0.05) is 12.1 Å². The molecule has 6 heteroatoms. The van der Waals surface area contributed by atoms with Crippen LogP contribution in [0.4, 0.5) is 0 Å². The maximum Gasteiger partial charge on any atom is 0.198 e. The SMILES string of the molecule is CC(C(O)Cc1nc2ccccc2o1)S(C)(=O)=O. The molecule has 0 fully saturated rings. The van der Waals surface area contributed by atoms with Gasteiger partial charge in [0.1, 0.15) is 5.52 Å². The first-order valence-electron chi connectivity index (χ1n) is 5.59. The van der Waals surface area contributed by atoms with Crippen molar-refractivity contribution < 1.29 is 17.9 Å². The Morgan fingerprint density at radius 2 is 2.06 bits per heavy atom. The van der Waals surface area contributed by atoms with Gasteiger partial charge in [-0.05, 0) is 19.1 Å². The van der Waals surface area contributed by atoms with Gasteiger partial charge < -0.3 is 9.52 Å². The van der Waals surface area contributed by atoms with Crippen LogP contribution in [-0.2, 0) is 16.3 Å². The van der Waals surface area contributed by atoms with E-state index in [1.807, 2.05) is 12.1 Å². The Labute approximate surface area is 105 Å². The normalized spacial score (nSPS) is 15.7. The van der Waals surface area contributed by atoms with Crippen molar-refractivity contribution in [2.75, 3.05) is 6.26 Å². The third-order valence-electron chi connectivity index (χ3n) is 2.94. The van der Waals surface area contributed by atoms with Gasteiger partial charge in [-0.25, -0.2) is 13.4 Å². The van der Waals surface area contributed by atoms with Gasteiger partial charge in [0.05, 0.1) is 17.8 Å². The van der Waals surface area contributed by atoms with Crippen LogP contribution < -0.4 is 0 Å². The van der Waals surface area contributed by atoms with Crippen molar-refractivity contribution in [2.24, 2.45) is 0 Å². The third kappa shape index (κ3) is 2.70. The van der Waals surface area contributed by atoms with Crippen LogP contribution in [0.2, 0.25) is 0 Å². The van der Waals surface area contributed by atoms with Crippen LogP contribution in [0.3, 0.4) is 0 Å². The van der Waals surface area contributed by atoms with Crippen LogP contribution in [0.25, 0.3) is 11.1 Å². The van der Waals surface area contributed by atoms with Gasteiger partial charge in [0.15, 0.2) is 21.3 Å². The maximum atomic E-state index is 11.3. The molecule has 2 aromatic rings. The number of sulfone groups is 1. The van der Waals surface area contributed by atoms with Crippen LogP contribution in [0.1, 0.15) is 12.8 Å². The van der Waals surface area contributed by atoms with Crippen LogP contribution in [0.15, 0.2) is 28.7 Å². The van der Waals surface area contributed by atoms with Gasteiger partial charge in [-0.2, -0.15) is 0 Å². The molecule has 1 aromatic heterocycles.